The highest BCUT2D eigenvalue weighted by Gasteiger charge is 2.34. The van der Waals surface area contributed by atoms with Crippen LogP contribution < -0.4 is 0 Å². The van der Waals surface area contributed by atoms with Gasteiger partial charge in [0.2, 0.25) is 11.8 Å². The molecule has 3 aromatic rings. The van der Waals surface area contributed by atoms with E-state index in [0.717, 1.165) is 24.1 Å². The lowest BCUT2D eigenvalue weighted by Crippen LogP contribution is -2.06. The maximum Gasteiger partial charge on any atom is 0.417 e. The SMILES string of the molecule is FC(F)(F)c1ccccc1-c1nnc(CSc2nccn2C2CC2)o1. The molecule has 0 amide bonds. The summed E-state index contributed by atoms with van der Waals surface area (Å²) in [5, 5.41) is 8.48. The standard InChI is InChI=1S/C16H13F3N4OS/c17-16(18,19)12-4-2-1-3-11(12)14-22-21-13(24-14)9-25-15-20-7-8-23(15)10-5-6-10/h1-4,7-8,10H,5-6,9H2. The number of hydrogen-bond donors (Lipinski definition) is 0. The van der Waals surface area contributed by atoms with Crippen LogP contribution in [0.1, 0.15) is 30.3 Å². The normalized spacial score (nSPS) is 14.8. The second-order valence-electron chi connectivity index (χ2n) is 5.68. The van der Waals surface area contributed by atoms with Gasteiger partial charge in [-0.1, -0.05) is 23.9 Å². The molecule has 0 unspecified atom stereocenters. The summed E-state index contributed by atoms with van der Waals surface area (Å²) in [6.45, 7) is 0. The Kier molecular flexibility index (Phi) is 4.03. The number of imidazole rings is 1. The van der Waals surface area contributed by atoms with Gasteiger partial charge < -0.3 is 8.98 Å². The summed E-state index contributed by atoms with van der Waals surface area (Å²) in [7, 11) is 0. The first kappa shape index (κ1) is 16.2. The molecule has 0 saturated heterocycles. The van der Waals surface area contributed by atoms with E-state index in [-0.39, 0.29) is 17.3 Å². The van der Waals surface area contributed by atoms with E-state index in [1.807, 2.05) is 6.20 Å². The highest BCUT2D eigenvalue weighted by atomic mass is 32.2. The van der Waals surface area contributed by atoms with Crippen molar-refractivity contribution in [3.63, 3.8) is 0 Å². The molecular weight excluding hydrogens is 353 g/mol. The fourth-order valence-corrected chi connectivity index (χ4v) is 3.37. The highest BCUT2D eigenvalue weighted by Crippen LogP contribution is 2.39. The zero-order chi connectivity index (χ0) is 17.4. The Balaban J connectivity index is 1.52. The molecule has 0 radical (unpaired) electrons. The molecule has 0 N–H and O–H groups in total. The highest BCUT2D eigenvalue weighted by molar-refractivity contribution is 7.98. The van der Waals surface area contributed by atoms with Gasteiger partial charge in [-0.3, -0.25) is 0 Å². The first-order valence-corrected chi connectivity index (χ1v) is 8.65. The average Bonchev–Trinajstić information content (AvgIpc) is 3.14. The summed E-state index contributed by atoms with van der Waals surface area (Å²) in [4.78, 5) is 4.29. The van der Waals surface area contributed by atoms with Gasteiger partial charge in [0, 0.05) is 18.4 Å². The summed E-state index contributed by atoms with van der Waals surface area (Å²) in [5.41, 5.74) is -0.902. The van der Waals surface area contributed by atoms with Gasteiger partial charge in [-0.15, -0.1) is 10.2 Å². The Morgan fingerprint density at radius 2 is 2.00 bits per heavy atom. The van der Waals surface area contributed by atoms with Crippen molar-refractivity contribution in [2.75, 3.05) is 0 Å². The number of aromatic nitrogens is 4. The van der Waals surface area contributed by atoms with Crippen molar-refractivity contribution >= 4 is 11.8 Å². The molecule has 0 spiro atoms. The molecular formula is C16H13F3N4OS. The monoisotopic (exact) mass is 366 g/mol. The number of thioether (sulfide) groups is 1. The van der Waals surface area contributed by atoms with Gasteiger partial charge in [0.15, 0.2) is 5.16 Å². The van der Waals surface area contributed by atoms with E-state index in [0.29, 0.717) is 11.8 Å². The van der Waals surface area contributed by atoms with E-state index in [1.165, 1.54) is 30.0 Å². The zero-order valence-corrected chi connectivity index (χ0v) is 13.7. The summed E-state index contributed by atoms with van der Waals surface area (Å²) >= 11 is 1.43. The number of nitrogens with zero attached hydrogens (tertiary/aromatic N) is 4. The van der Waals surface area contributed by atoms with Crippen LogP contribution in [0.2, 0.25) is 0 Å². The van der Waals surface area contributed by atoms with E-state index in [2.05, 4.69) is 19.7 Å². The first-order valence-electron chi connectivity index (χ1n) is 7.67. The van der Waals surface area contributed by atoms with Crippen molar-refractivity contribution < 1.29 is 17.6 Å². The van der Waals surface area contributed by atoms with Gasteiger partial charge in [-0.25, -0.2) is 4.98 Å². The van der Waals surface area contributed by atoms with Gasteiger partial charge in [-0.05, 0) is 25.0 Å². The number of benzene rings is 1. The average molecular weight is 366 g/mol. The van der Waals surface area contributed by atoms with Crippen molar-refractivity contribution in [2.24, 2.45) is 0 Å². The molecule has 1 aliphatic carbocycles. The minimum atomic E-state index is -4.48. The van der Waals surface area contributed by atoms with Gasteiger partial charge in [0.1, 0.15) is 0 Å². The smallest absolute Gasteiger partial charge is 0.417 e. The van der Waals surface area contributed by atoms with Crippen LogP contribution in [-0.2, 0) is 11.9 Å². The predicted octanol–water partition coefficient (Wildman–Crippen LogP) is 4.58. The Labute approximate surface area is 145 Å². The number of rotatable bonds is 5. The molecule has 2 heterocycles. The molecule has 2 aromatic heterocycles. The second kappa shape index (κ2) is 6.21. The van der Waals surface area contributed by atoms with E-state index < -0.39 is 11.7 Å². The molecule has 5 nitrogen and oxygen atoms in total. The molecule has 9 heteroatoms. The molecule has 0 bridgehead atoms. The van der Waals surface area contributed by atoms with E-state index >= 15 is 0 Å². The third kappa shape index (κ3) is 3.41. The number of hydrogen-bond acceptors (Lipinski definition) is 5. The van der Waals surface area contributed by atoms with Gasteiger partial charge in [0.25, 0.3) is 0 Å². The first-order chi connectivity index (χ1) is 12.0. The topological polar surface area (TPSA) is 56.7 Å². The van der Waals surface area contributed by atoms with Gasteiger partial charge >= 0.3 is 6.18 Å². The van der Waals surface area contributed by atoms with Crippen molar-refractivity contribution in [3.8, 4) is 11.5 Å². The Morgan fingerprint density at radius 1 is 1.20 bits per heavy atom. The largest absolute Gasteiger partial charge is 0.420 e. The van der Waals surface area contributed by atoms with Crippen LogP contribution in [0.5, 0.6) is 0 Å². The molecule has 25 heavy (non-hydrogen) atoms. The van der Waals surface area contributed by atoms with Crippen molar-refractivity contribution in [3.05, 3.63) is 48.1 Å². The lowest BCUT2D eigenvalue weighted by molar-refractivity contribution is -0.137. The van der Waals surface area contributed by atoms with Crippen LogP contribution in [-0.4, -0.2) is 19.7 Å². The second-order valence-corrected chi connectivity index (χ2v) is 6.62. The Bertz CT molecular complexity index is 885. The minimum absolute atomic E-state index is 0.113. The summed E-state index contributed by atoms with van der Waals surface area (Å²) < 4.78 is 46.8. The quantitative estimate of drug-likeness (QED) is 0.619. The summed E-state index contributed by atoms with van der Waals surface area (Å²) in [6.07, 6.45) is 1.47. The number of alkyl halides is 3. The van der Waals surface area contributed by atoms with Crippen molar-refractivity contribution in [2.45, 2.75) is 36.0 Å². The van der Waals surface area contributed by atoms with Crippen LogP contribution in [0.4, 0.5) is 13.2 Å². The molecule has 1 aliphatic rings. The van der Waals surface area contributed by atoms with E-state index in [9.17, 15) is 13.2 Å². The van der Waals surface area contributed by atoms with Gasteiger partial charge in [0.05, 0.1) is 16.9 Å². The molecule has 1 saturated carbocycles. The summed E-state index contributed by atoms with van der Waals surface area (Å²) in [6, 6.07) is 5.67. The fourth-order valence-electron chi connectivity index (χ4n) is 2.51. The minimum Gasteiger partial charge on any atom is -0.420 e. The molecule has 1 aromatic carbocycles. The fraction of sp³-hybridized carbons (Fsp3) is 0.312. The third-order valence-electron chi connectivity index (χ3n) is 3.83. The lowest BCUT2D eigenvalue weighted by Gasteiger charge is -2.09. The number of halogens is 3. The van der Waals surface area contributed by atoms with Crippen LogP contribution in [0, 0.1) is 0 Å². The van der Waals surface area contributed by atoms with Crippen molar-refractivity contribution in [1.29, 1.82) is 0 Å². The third-order valence-corrected chi connectivity index (χ3v) is 4.79. The maximum atomic E-state index is 13.1. The molecule has 0 aliphatic heterocycles. The van der Waals surface area contributed by atoms with Crippen LogP contribution >= 0.6 is 11.8 Å². The van der Waals surface area contributed by atoms with Crippen LogP contribution in [0.3, 0.4) is 0 Å². The van der Waals surface area contributed by atoms with Crippen LogP contribution in [0.25, 0.3) is 11.5 Å². The zero-order valence-electron chi connectivity index (χ0n) is 12.9. The predicted molar refractivity (Wildman–Crippen MR) is 84.8 cm³/mol. The Morgan fingerprint density at radius 3 is 2.76 bits per heavy atom. The molecule has 0 atom stereocenters. The van der Waals surface area contributed by atoms with Gasteiger partial charge in [-0.2, -0.15) is 13.2 Å². The lowest BCUT2D eigenvalue weighted by atomic mass is 10.1. The van der Waals surface area contributed by atoms with E-state index in [1.54, 1.807) is 6.20 Å². The maximum absolute atomic E-state index is 13.1. The molecule has 4 rings (SSSR count). The van der Waals surface area contributed by atoms with E-state index in [4.69, 9.17) is 4.42 Å². The summed E-state index contributed by atoms with van der Waals surface area (Å²) in [5.74, 6) is 0.488. The molecule has 1 fully saturated rings. The Hall–Kier alpha value is -2.29. The van der Waals surface area contributed by atoms with Crippen molar-refractivity contribution in [1.82, 2.24) is 19.7 Å². The molecule has 130 valence electrons. The van der Waals surface area contributed by atoms with Crippen LogP contribution in [0.15, 0.2) is 46.2 Å².